The summed E-state index contributed by atoms with van der Waals surface area (Å²) < 4.78 is 1.74. The van der Waals surface area contributed by atoms with Crippen LogP contribution in [0.25, 0.3) is 5.13 Å². The SMILES string of the molecule is CON(C)C(=O)c1csc(-n2ccnc2)n1. The molecule has 0 aliphatic carbocycles. The van der Waals surface area contributed by atoms with E-state index < -0.39 is 0 Å². The summed E-state index contributed by atoms with van der Waals surface area (Å²) in [5.41, 5.74) is 0.359. The largest absolute Gasteiger partial charge is 0.296 e. The minimum absolute atomic E-state index is 0.273. The molecule has 0 atom stereocenters. The maximum atomic E-state index is 11.7. The van der Waals surface area contributed by atoms with Crippen LogP contribution in [-0.4, -0.2) is 39.7 Å². The molecular formula is C9H10N4O2S. The zero-order valence-electron chi connectivity index (χ0n) is 8.82. The molecule has 0 N–H and O–H groups in total. The Kier molecular flexibility index (Phi) is 2.97. The Morgan fingerprint density at radius 3 is 3.06 bits per heavy atom. The molecule has 16 heavy (non-hydrogen) atoms. The zero-order valence-corrected chi connectivity index (χ0v) is 9.64. The highest BCUT2D eigenvalue weighted by Crippen LogP contribution is 2.15. The minimum Gasteiger partial charge on any atom is -0.282 e. The van der Waals surface area contributed by atoms with Crippen LogP contribution >= 0.6 is 11.3 Å². The molecule has 2 aromatic heterocycles. The number of thiazole rings is 1. The molecule has 0 aliphatic heterocycles. The van der Waals surface area contributed by atoms with Crippen molar-refractivity contribution in [3.63, 3.8) is 0 Å². The minimum atomic E-state index is -0.273. The molecule has 0 aromatic carbocycles. The second-order valence-corrected chi connectivity index (χ2v) is 3.81. The predicted molar refractivity (Wildman–Crippen MR) is 58.3 cm³/mol. The van der Waals surface area contributed by atoms with Gasteiger partial charge in [0.25, 0.3) is 5.91 Å². The van der Waals surface area contributed by atoms with Crippen molar-refractivity contribution in [2.75, 3.05) is 14.2 Å². The highest BCUT2D eigenvalue weighted by molar-refractivity contribution is 7.12. The zero-order chi connectivity index (χ0) is 11.5. The van der Waals surface area contributed by atoms with Crippen molar-refractivity contribution in [2.24, 2.45) is 0 Å². The van der Waals surface area contributed by atoms with E-state index in [1.54, 1.807) is 35.7 Å². The molecule has 0 saturated heterocycles. The first-order valence-electron chi connectivity index (χ1n) is 4.48. The molecule has 6 nitrogen and oxygen atoms in total. The van der Waals surface area contributed by atoms with E-state index >= 15 is 0 Å². The number of imidazole rings is 1. The van der Waals surface area contributed by atoms with Gasteiger partial charge in [0.1, 0.15) is 12.0 Å². The molecule has 0 saturated carbocycles. The summed E-state index contributed by atoms with van der Waals surface area (Å²) in [6, 6.07) is 0. The fourth-order valence-electron chi connectivity index (χ4n) is 1.10. The smallest absolute Gasteiger partial charge is 0.282 e. The lowest BCUT2D eigenvalue weighted by atomic mass is 10.5. The Bertz CT molecular complexity index is 479. The summed E-state index contributed by atoms with van der Waals surface area (Å²) in [6.07, 6.45) is 5.06. The molecule has 2 heterocycles. The van der Waals surface area contributed by atoms with E-state index in [-0.39, 0.29) is 5.91 Å². The maximum absolute atomic E-state index is 11.7. The summed E-state index contributed by atoms with van der Waals surface area (Å²) in [5.74, 6) is -0.273. The standard InChI is InChI=1S/C9H10N4O2S/c1-12(15-2)8(14)7-5-16-9(11-7)13-4-3-10-6-13/h3-6H,1-2H3. The van der Waals surface area contributed by atoms with Crippen molar-refractivity contribution in [1.82, 2.24) is 19.6 Å². The van der Waals surface area contributed by atoms with Crippen molar-refractivity contribution < 1.29 is 9.63 Å². The molecule has 0 spiro atoms. The molecule has 2 rings (SSSR count). The first-order chi connectivity index (χ1) is 7.72. The Balaban J connectivity index is 2.23. The lowest BCUT2D eigenvalue weighted by Gasteiger charge is -2.10. The summed E-state index contributed by atoms with van der Waals surface area (Å²) in [6.45, 7) is 0. The quantitative estimate of drug-likeness (QED) is 0.747. The molecule has 2 aromatic rings. The van der Waals surface area contributed by atoms with E-state index in [0.717, 1.165) is 5.06 Å². The Morgan fingerprint density at radius 2 is 2.44 bits per heavy atom. The number of aromatic nitrogens is 3. The van der Waals surface area contributed by atoms with Gasteiger partial charge in [0, 0.05) is 24.8 Å². The second kappa shape index (κ2) is 4.42. The van der Waals surface area contributed by atoms with E-state index in [2.05, 4.69) is 9.97 Å². The molecule has 84 valence electrons. The van der Waals surface area contributed by atoms with Crippen molar-refractivity contribution >= 4 is 17.2 Å². The van der Waals surface area contributed by atoms with E-state index in [4.69, 9.17) is 4.84 Å². The number of hydrogen-bond donors (Lipinski definition) is 0. The summed E-state index contributed by atoms with van der Waals surface area (Å²) >= 11 is 1.37. The topological polar surface area (TPSA) is 60.2 Å². The first-order valence-corrected chi connectivity index (χ1v) is 5.36. The molecule has 0 bridgehead atoms. The number of carbonyl (C=O) groups excluding carboxylic acids is 1. The van der Waals surface area contributed by atoms with Crippen LogP contribution in [0.4, 0.5) is 0 Å². The van der Waals surface area contributed by atoms with Crippen LogP contribution in [0, 0.1) is 0 Å². The number of carbonyl (C=O) groups is 1. The van der Waals surface area contributed by atoms with Gasteiger partial charge in [-0.1, -0.05) is 0 Å². The van der Waals surface area contributed by atoms with Gasteiger partial charge < -0.3 is 0 Å². The predicted octanol–water partition coefficient (Wildman–Crippen LogP) is 0.962. The third-order valence-electron chi connectivity index (χ3n) is 2.00. The Labute approximate surface area is 96.1 Å². The van der Waals surface area contributed by atoms with Crippen molar-refractivity contribution in [1.29, 1.82) is 0 Å². The molecule has 7 heteroatoms. The number of amides is 1. The van der Waals surface area contributed by atoms with Gasteiger partial charge >= 0.3 is 0 Å². The van der Waals surface area contributed by atoms with E-state index in [9.17, 15) is 4.79 Å². The van der Waals surface area contributed by atoms with E-state index in [1.807, 2.05) is 0 Å². The summed E-state index contributed by atoms with van der Waals surface area (Å²) in [5, 5.41) is 3.52. The Morgan fingerprint density at radius 1 is 1.62 bits per heavy atom. The number of nitrogens with zero attached hydrogens (tertiary/aromatic N) is 4. The normalized spacial score (nSPS) is 10.4. The van der Waals surface area contributed by atoms with Gasteiger partial charge in [-0.2, -0.15) is 0 Å². The van der Waals surface area contributed by atoms with Gasteiger partial charge in [0.05, 0.1) is 7.11 Å². The van der Waals surface area contributed by atoms with Gasteiger partial charge in [0.2, 0.25) is 0 Å². The lowest BCUT2D eigenvalue weighted by molar-refractivity contribution is -0.0760. The monoisotopic (exact) mass is 238 g/mol. The third kappa shape index (κ3) is 1.95. The second-order valence-electron chi connectivity index (χ2n) is 2.97. The molecule has 0 aliphatic rings. The van der Waals surface area contributed by atoms with Gasteiger partial charge in [-0.25, -0.2) is 15.0 Å². The molecule has 0 radical (unpaired) electrons. The first kappa shape index (κ1) is 10.8. The average Bonchev–Trinajstić information content (AvgIpc) is 2.96. The summed E-state index contributed by atoms with van der Waals surface area (Å²) in [4.78, 5) is 24.6. The van der Waals surface area contributed by atoms with Gasteiger partial charge in [-0.05, 0) is 0 Å². The Hall–Kier alpha value is -1.73. The fourth-order valence-corrected chi connectivity index (χ4v) is 1.85. The number of hydrogen-bond acceptors (Lipinski definition) is 5. The third-order valence-corrected chi connectivity index (χ3v) is 2.85. The van der Waals surface area contributed by atoms with Crippen LogP contribution in [0.1, 0.15) is 10.5 Å². The van der Waals surface area contributed by atoms with Crippen LogP contribution in [0.2, 0.25) is 0 Å². The van der Waals surface area contributed by atoms with Crippen LogP contribution in [0.3, 0.4) is 0 Å². The van der Waals surface area contributed by atoms with Crippen LogP contribution in [0.15, 0.2) is 24.1 Å². The van der Waals surface area contributed by atoms with Gasteiger partial charge in [-0.15, -0.1) is 11.3 Å². The van der Waals surface area contributed by atoms with Crippen molar-refractivity contribution in [3.8, 4) is 5.13 Å². The van der Waals surface area contributed by atoms with Gasteiger partial charge in [-0.3, -0.25) is 14.2 Å². The van der Waals surface area contributed by atoms with Crippen LogP contribution < -0.4 is 0 Å². The molecule has 0 fully saturated rings. The van der Waals surface area contributed by atoms with Crippen LogP contribution in [0.5, 0.6) is 0 Å². The molecular weight excluding hydrogens is 228 g/mol. The van der Waals surface area contributed by atoms with Crippen molar-refractivity contribution in [3.05, 3.63) is 29.8 Å². The molecule has 1 amide bonds. The fraction of sp³-hybridized carbons (Fsp3) is 0.222. The highest BCUT2D eigenvalue weighted by atomic mass is 32.1. The maximum Gasteiger partial charge on any atom is 0.296 e. The van der Waals surface area contributed by atoms with Crippen LogP contribution in [-0.2, 0) is 4.84 Å². The number of hydroxylamine groups is 2. The molecule has 0 unspecified atom stereocenters. The summed E-state index contributed by atoms with van der Waals surface area (Å²) in [7, 11) is 2.97. The average molecular weight is 238 g/mol. The van der Waals surface area contributed by atoms with E-state index in [0.29, 0.717) is 10.8 Å². The number of rotatable bonds is 3. The van der Waals surface area contributed by atoms with Crippen molar-refractivity contribution in [2.45, 2.75) is 0 Å². The van der Waals surface area contributed by atoms with Gasteiger partial charge in [0.15, 0.2) is 5.13 Å². The lowest BCUT2D eigenvalue weighted by Crippen LogP contribution is -2.25. The highest BCUT2D eigenvalue weighted by Gasteiger charge is 2.15. The van der Waals surface area contributed by atoms with E-state index in [1.165, 1.54) is 18.4 Å².